The number of aryl methyl sites for hydroxylation is 1. The van der Waals surface area contributed by atoms with Crippen molar-refractivity contribution >= 4 is 15.7 Å². The van der Waals surface area contributed by atoms with Gasteiger partial charge in [0.15, 0.2) is 0 Å². The van der Waals surface area contributed by atoms with Crippen LogP contribution in [0, 0.1) is 0 Å². The summed E-state index contributed by atoms with van der Waals surface area (Å²) in [6.45, 7) is 1.58. The Labute approximate surface area is 207 Å². The molecule has 0 N–H and O–H groups in total. The topological polar surface area (TPSA) is 58.4 Å². The van der Waals surface area contributed by atoms with Gasteiger partial charge in [-0.3, -0.25) is 0 Å². The monoisotopic (exact) mass is 486 g/mol. The number of aromatic nitrogens is 2. The molecule has 0 aliphatic carbocycles. The van der Waals surface area contributed by atoms with Gasteiger partial charge < -0.3 is 9.47 Å². The van der Waals surface area contributed by atoms with Crippen molar-refractivity contribution in [2.24, 2.45) is 7.05 Å². The highest BCUT2D eigenvalue weighted by Gasteiger charge is 2.33. The molecule has 0 spiro atoms. The van der Waals surface area contributed by atoms with Crippen LogP contribution in [-0.2, 0) is 36.6 Å². The van der Waals surface area contributed by atoms with Crippen molar-refractivity contribution in [3.05, 3.63) is 108 Å². The molecule has 1 aliphatic heterocycles. The van der Waals surface area contributed by atoms with Gasteiger partial charge in [0.2, 0.25) is 10.0 Å². The fourth-order valence-corrected chi connectivity index (χ4v) is 5.95. The Morgan fingerprint density at radius 2 is 1.66 bits per heavy atom. The van der Waals surface area contributed by atoms with Crippen LogP contribution in [0.25, 0.3) is 11.1 Å². The average Bonchev–Trinajstić information content (AvgIpc) is 3.18. The van der Waals surface area contributed by atoms with Gasteiger partial charge in [-0.15, -0.1) is 0 Å². The number of sulfonamides is 1. The van der Waals surface area contributed by atoms with E-state index >= 15 is 0 Å². The molecule has 4 aromatic rings. The number of benzene rings is 3. The van der Waals surface area contributed by atoms with Crippen LogP contribution >= 0.6 is 0 Å². The van der Waals surface area contributed by atoms with Gasteiger partial charge >= 0.3 is 0 Å². The number of fused-ring (bicyclic) bond motifs is 1. The molecule has 0 bridgehead atoms. The number of hydrogen-bond acceptors (Lipinski definition) is 4. The van der Waals surface area contributed by atoms with E-state index in [9.17, 15) is 8.42 Å². The van der Waals surface area contributed by atoms with Gasteiger partial charge in [0.1, 0.15) is 0 Å². The highest BCUT2D eigenvalue weighted by Crippen LogP contribution is 2.34. The predicted octanol–water partition coefficient (Wildman–Crippen LogP) is 4.48. The van der Waals surface area contributed by atoms with Crippen LogP contribution in [0.4, 0.5) is 5.69 Å². The van der Waals surface area contributed by atoms with Gasteiger partial charge in [-0.1, -0.05) is 66.7 Å². The molecule has 0 saturated carbocycles. The maximum absolute atomic E-state index is 13.1. The predicted molar refractivity (Wildman–Crippen MR) is 140 cm³/mol. The van der Waals surface area contributed by atoms with Gasteiger partial charge in [-0.05, 0) is 40.8 Å². The number of nitrogens with zero attached hydrogens (tertiary/aromatic N) is 4. The molecule has 180 valence electrons. The summed E-state index contributed by atoms with van der Waals surface area (Å²) in [7, 11) is -1.45. The van der Waals surface area contributed by atoms with E-state index in [0.717, 1.165) is 33.6 Å². The molecule has 1 aliphatic rings. The third kappa shape index (κ3) is 5.16. The molecular formula is C28H30N4O2S. The standard InChI is InChI=1S/C28H30N4O2S/c1-30-21-29-17-27(30)20-31-19-26(15-22-9-5-3-6-10-22)32(35(2,33)34)18-25-16-24(13-14-28(25)31)23-11-7-4-8-12-23/h3-14,16-17,21,26H,15,18-20H2,1-2H3/t26-/m1/s1. The third-order valence-corrected chi connectivity index (χ3v) is 7.98. The van der Waals surface area contributed by atoms with E-state index in [2.05, 4.69) is 52.3 Å². The Balaban J connectivity index is 1.60. The second-order valence-electron chi connectivity index (χ2n) is 9.24. The minimum absolute atomic E-state index is 0.201. The minimum atomic E-state index is -3.44. The lowest BCUT2D eigenvalue weighted by Gasteiger charge is -2.31. The molecule has 0 saturated heterocycles. The molecule has 0 radical (unpaired) electrons. The lowest BCUT2D eigenvalue weighted by molar-refractivity contribution is 0.320. The summed E-state index contributed by atoms with van der Waals surface area (Å²) in [6.07, 6.45) is 5.65. The number of imidazole rings is 1. The van der Waals surface area contributed by atoms with Crippen LogP contribution < -0.4 is 4.90 Å². The molecule has 1 atom stereocenters. The van der Waals surface area contributed by atoms with Crippen molar-refractivity contribution in [2.45, 2.75) is 25.6 Å². The summed E-state index contributed by atoms with van der Waals surface area (Å²) >= 11 is 0. The maximum atomic E-state index is 13.1. The Morgan fingerprint density at radius 3 is 2.31 bits per heavy atom. The number of anilines is 1. The first-order chi connectivity index (χ1) is 16.9. The van der Waals surface area contributed by atoms with Gasteiger partial charge in [-0.2, -0.15) is 4.31 Å². The second-order valence-corrected chi connectivity index (χ2v) is 11.2. The van der Waals surface area contributed by atoms with Crippen LogP contribution in [0.15, 0.2) is 91.4 Å². The minimum Gasteiger partial charge on any atom is -0.364 e. The van der Waals surface area contributed by atoms with Gasteiger partial charge in [0.05, 0.1) is 24.8 Å². The lowest BCUT2D eigenvalue weighted by atomic mass is 10.0. The smallest absolute Gasteiger partial charge is 0.211 e. The number of hydrogen-bond donors (Lipinski definition) is 0. The second kappa shape index (κ2) is 9.68. The zero-order chi connectivity index (χ0) is 24.4. The molecule has 0 amide bonds. The van der Waals surface area contributed by atoms with Crippen LogP contribution in [0.1, 0.15) is 16.8 Å². The fourth-order valence-electron chi connectivity index (χ4n) is 4.89. The first-order valence-corrected chi connectivity index (χ1v) is 13.6. The van der Waals surface area contributed by atoms with Gasteiger partial charge in [0.25, 0.3) is 0 Å². The van der Waals surface area contributed by atoms with Crippen molar-refractivity contribution in [3.63, 3.8) is 0 Å². The van der Waals surface area contributed by atoms with E-state index in [0.29, 0.717) is 26.1 Å². The highest BCUT2D eigenvalue weighted by molar-refractivity contribution is 7.88. The van der Waals surface area contributed by atoms with Crippen LogP contribution in [-0.4, -0.2) is 41.1 Å². The van der Waals surface area contributed by atoms with Crippen molar-refractivity contribution < 1.29 is 8.42 Å². The summed E-state index contributed by atoms with van der Waals surface area (Å²) in [5, 5.41) is 0. The van der Waals surface area contributed by atoms with E-state index in [1.165, 1.54) is 6.26 Å². The summed E-state index contributed by atoms with van der Waals surface area (Å²) in [4.78, 5) is 6.60. The van der Waals surface area contributed by atoms with E-state index < -0.39 is 10.0 Å². The average molecular weight is 487 g/mol. The molecule has 0 fully saturated rings. The van der Waals surface area contributed by atoms with E-state index in [1.54, 1.807) is 10.6 Å². The molecule has 5 rings (SSSR count). The summed E-state index contributed by atoms with van der Waals surface area (Å²) in [5.41, 5.74) is 6.48. The summed E-state index contributed by atoms with van der Waals surface area (Å²) < 4.78 is 29.8. The summed E-state index contributed by atoms with van der Waals surface area (Å²) in [5.74, 6) is 0. The van der Waals surface area contributed by atoms with E-state index in [4.69, 9.17) is 0 Å². The first-order valence-electron chi connectivity index (χ1n) is 11.8. The molecule has 3 aromatic carbocycles. The normalized spacial score (nSPS) is 16.6. The van der Waals surface area contributed by atoms with Crippen molar-refractivity contribution in [2.75, 3.05) is 17.7 Å². The van der Waals surface area contributed by atoms with Crippen LogP contribution in [0.3, 0.4) is 0 Å². The van der Waals surface area contributed by atoms with Crippen molar-refractivity contribution in [1.82, 2.24) is 13.9 Å². The highest BCUT2D eigenvalue weighted by atomic mass is 32.2. The maximum Gasteiger partial charge on any atom is 0.211 e. The largest absolute Gasteiger partial charge is 0.364 e. The quantitative estimate of drug-likeness (QED) is 0.403. The van der Waals surface area contributed by atoms with Crippen LogP contribution in [0.5, 0.6) is 0 Å². The van der Waals surface area contributed by atoms with Crippen LogP contribution in [0.2, 0.25) is 0 Å². The van der Waals surface area contributed by atoms with Gasteiger partial charge in [0, 0.05) is 38.1 Å². The van der Waals surface area contributed by atoms with Crippen molar-refractivity contribution in [1.29, 1.82) is 0 Å². The zero-order valence-corrected chi connectivity index (χ0v) is 20.9. The summed E-state index contributed by atoms with van der Waals surface area (Å²) in [6, 6.07) is 26.6. The first kappa shape index (κ1) is 23.3. The Bertz CT molecular complexity index is 1400. The molecule has 2 heterocycles. The molecule has 35 heavy (non-hydrogen) atoms. The zero-order valence-electron chi connectivity index (χ0n) is 20.1. The lowest BCUT2D eigenvalue weighted by Crippen LogP contribution is -2.45. The Kier molecular flexibility index (Phi) is 6.45. The van der Waals surface area contributed by atoms with Crippen molar-refractivity contribution in [3.8, 4) is 11.1 Å². The molecule has 1 aromatic heterocycles. The third-order valence-electron chi connectivity index (χ3n) is 6.70. The number of rotatable bonds is 6. The SMILES string of the molecule is Cn1cncc1CN1C[C@@H](Cc2ccccc2)N(S(C)(=O)=O)Cc2cc(-c3ccccc3)ccc21. The fraction of sp³-hybridized carbons (Fsp3) is 0.250. The van der Waals surface area contributed by atoms with Gasteiger partial charge in [-0.25, -0.2) is 13.4 Å². The van der Waals surface area contributed by atoms with E-state index in [-0.39, 0.29) is 6.04 Å². The van der Waals surface area contributed by atoms with E-state index in [1.807, 2.05) is 54.2 Å². The molecule has 7 heteroatoms. The Morgan fingerprint density at radius 1 is 0.943 bits per heavy atom. The molecular weight excluding hydrogens is 456 g/mol. The Hall–Kier alpha value is -3.42. The molecule has 6 nitrogen and oxygen atoms in total. The molecule has 0 unspecified atom stereocenters.